The molecule has 0 aliphatic rings. The van der Waals surface area contributed by atoms with Crippen LogP contribution in [0.25, 0.3) is 0 Å². The van der Waals surface area contributed by atoms with Crippen molar-refractivity contribution in [1.29, 1.82) is 5.26 Å². The van der Waals surface area contributed by atoms with Crippen LogP contribution in [0, 0.1) is 17.1 Å². The van der Waals surface area contributed by atoms with Gasteiger partial charge >= 0.3 is 0 Å². The number of halogens is 1. The van der Waals surface area contributed by atoms with Gasteiger partial charge in [-0.05, 0) is 24.6 Å². The smallest absolute Gasteiger partial charge is 0.162 e. The fourth-order valence-electron chi connectivity index (χ4n) is 1.42. The average Bonchev–Trinajstić information content (AvgIpc) is 2.28. The predicted octanol–water partition coefficient (Wildman–Crippen LogP) is 1.34. The SMILES string of the molecule is CC(=O)c1cc(C(O)C(O)CC#N)ccc1F. The van der Waals surface area contributed by atoms with E-state index in [-0.39, 0.29) is 17.5 Å². The van der Waals surface area contributed by atoms with Crippen LogP contribution in [0.4, 0.5) is 4.39 Å². The van der Waals surface area contributed by atoms with Gasteiger partial charge in [-0.2, -0.15) is 5.26 Å². The summed E-state index contributed by atoms with van der Waals surface area (Å²) in [6.07, 6.45) is -2.81. The van der Waals surface area contributed by atoms with Gasteiger partial charge in [-0.1, -0.05) is 6.07 Å². The van der Waals surface area contributed by atoms with E-state index >= 15 is 0 Å². The molecule has 1 rings (SSSR count). The van der Waals surface area contributed by atoms with Gasteiger partial charge in [-0.25, -0.2) is 4.39 Å². The Kier molecular flexibility index (Phi) is 4.32. The first-order chi connectivity index (χ1) is 7.97. The summed E-state index contributed by atoms with van der Waals surface area (Å²) in [5.74, 6) is -1.14. The summed E-state index contributed by atoms with van der Waals surface area (Å²) < 4.78 is 13.2. The van der Waals surface area contributed by atoms with Gasteiger partial charge in [-0.15, -0.1) is 0 Å². The first-order valence-electron chi connectivity index (χ1n) is 5.00. The summed E-state index contributed by atoms with van der Waals surface area (Å²) >= 11 is 0. The molecule has 2 unspecified atom stereocenters. The van der Waals surface area contributed by atoms with Crippen LogP contribution in [-0.2, 0) is 0 Å². The fraction of sp³-hybridized carbons (Fsp3) is 0.333. The molecular weight excluding hydrogens is 225 g/mol. The highest BCUT2D eigenvalue weighted by Gasteiger charge is 2.20. The molecule has 4 nitrogen and oxygen atoms in total. The van der Waals surface area contributed by atoms with Crippen LogP contribution in [0.15, 0.2) is 18.2 Å². The lowest BCUT2D eigenvalue weighted by Gasteiger charge is -2.16. The molecule has 2 N–H and O–H groups in total. The highest BCUT2D eigenvalue weighted by atomic mass is 19.1. The van der Waals surface area contributed by atoms with Crippen LogP contribution >= 0.6 is 0 Å². The number of hydrogen-bond donors (Lipinski definition) is 2. The molecule has 0 aliphatic heterocycles. The van der Waals surface area contributed by atoms with Gasteiger partial charge in [0.1, 0.15) is 11.9 Å². The Hall–Kier alpha value is -1.77. The summed E-state index contributed by atoms with van der Waals surface area (Å²) in [5, 5.41) is 27.5. The molecule has 5 heteroatoms. The van der Waals surface area contributed by atoms with E-state index < -0.39 is 23.8 Å². The van der Waals surface area contributed by atoms with Gasteiger partial charge < -0.3 is 10.2 Å². The number of ketones is 1. The predicted molar refractivity (Wildman–Crippen MR) is 57.6 cm³/mol. The highest BCUT2D eigenvalue weighted by molar-refractivity contribution is 5.94. The fourth-order valence-corrected chi connectivity index (χ4v) is 1.42. The zero-order valence-electron chi connectivity index (χ0n) is 9.22. The number of carbonyl (C=O) groups is 1. The van der Waals surface area contributed by atoms with Gasteiger partial charge in [0.15, 0.2) is 5.78 Å². The molecule has 0 spiro atoms. The summed E-state index contributed by atoms with van der Waals surface area (Å²) in [6.45, 7) is 1.21. The molecule has 0 bridgehead atoms. The molecule has 0 amide bonds. The van der Waals surface area contributed by atoms with Crippen LogP contribution in [0.1, 0.15) is 35.4 Å². The molecule has 0 aromatic heterocycles. The van der Waals surface area contributed by atoms with E-state index in [0.717, 1.165) is 6.07 Å². The summed E-state index contributed by atoms with van der Waals surface area (Å²) in [5.41, 5.74) is 0.0602. The number of aliphatic hydroxyl groups excluding tert-OH is 2. The zero-order valence-corrected chi connectivity index (χ0v) is 9.22. The number of benzene rings is 1. The number of carbonyl (C=O) groups excluding carboxylic acids is 1. The van der Waals surface area contributed by atoms with Gasteiger partial charge in [0, 0.05) is 0 Å². The number of hydrogen-bond acceptors (Lipinski definition) is 4. The number of rotatable bonds is 4. The van der Waals surface area contributed by atoms with Crippen LogP contribution in [0.5, 0.6) is 0 Å². The van der Waals surface area contributed by atoms with Gasteiger partial charge in [0.2, 0.25) is 0 Å². The van der Waals surface area contributed by atoms with Crippen molar-refractivity contribution in [3.63, 3.8) is 0 Å². The monoisotopic (exact) mass is 237 g/mol. The van der Waals surface area contributed by atoms with Crippen molar-refractivity contribution in [1.82, 2.24) is 0 Å². The van der Waals surface area contributed by atoms with Crippen molar-refractivity contribution >= 4 is 5.78 Å². The minimum absolute atomic E-state index is 0.147. The summed E-state index contributed by atoms with van der Waals surface area (Å²) in [6, 6.07) is 5.22. The average molecular weight is 237 g/mol. The molecule has 0 saturated carbocycles. The Morgan fingerprint density at radius 2 is 2.18 bits per heavy atom. The minimum atomic E-state index is -1.31. The minimum Gasteiger partial charge on any atom is -0.389 e. The van der Waals surface area contributed by atoms with Gasteiger partial charge in [0.25, 0.3) is 0 Å². The molecule has 0 radical (unpaired) electrons. The number of aliphatic hydroxyl groups is 2. The lowest BCUT2D eigenvalue weighted by atomic mass is 9.99. The molecular formula is C12H12FNO3. The molecule has 0 saturated heterocycles. The lowest BCUT2D eigenvalue weighted by Crippen LogP contribution is -2.18. The maximum absolute atomic E-state index is 13.2. The molecule has 0 aliphatic carbocycles. The molecule has 2 atom stereocenters. The van der Waals surface area contributed by atoms with Crippen molar-refractivity contribution in [2.45, 2.75) is 25.6 Å². The molecule has 90 valence electrons. The third-order valence-corrected chi connectivity index (χ3v) is 2.38. The van der Waals surface area contributed by atoms with Gasteiger partial charge in [-0.3, -0.25) is 4.79 Å². The van der Waals surface area contributed by atoms with Crippen LogP contribution in [0.3, 0.4) is 0 Å². The van der Waals surface area contributed by atoms with Crippen LogP contribution in [0.2, 0.25) is 0 Å². The first-order valence-corrected chi connectivity index (χ1v) is 5.00. The number of Topliss-reactive ketones (excluding diaryl/α,β-unsaturated/α-hetero) is 1. The van der Waals surface area contributed by atoms with Crippen molar-refractivity contribution in [3.8, 4) is 6.07 Å². The van der Waals surface area contributed by atoms with Gasteiger partial charge in [0.05, 0.1) is 24.2 Å². The highest BCUT2D eigenvalue weighted by Crippen LogP contribution is 2.21. The van der Waals surface area contributed by atoms with Crippen LogP contribution in [-0.4, -0.2) is 22.1 Å². The molecule has 0 fully saturated rings. The second-order valence-corrected chi connectivity index (χ2v) is 3.67. The Morgan fingerprint density at radius 1 is 1.53 bits per heavy atom. The number of nitrogens with zero attached hydrogens (tertiary/aromatic N) is 1. The standard InChI is InChI=1S/C12H12FNO3/c1-7(15)9-6-8(2-3-10(9)13)12(17)11(16)4-5-14/h2-3,6,11-12,16-17H,4H2,1H3. The third kappa shape index (κ3) is 3.09. The lowest BCUT2D eigenvalue weighted by molar-refractivity contribution is 0.0215. The topological polar surface area (TPSA) is 81.3 Å². The van der Waals surface area contributed by atoms with E-state index in [1.54, 1.807) is 6.07 Å². The maximum atomic E-state index is 13.2. The van der Waals surface area contributed by atoms with Crippen molar-refractivity contribution in [2.24, 2.45) is 0 Å². The van der Waals surface area contributed by atoms with Crippen molar-refractivity contribution in [2.75, 3.05) is 0 Å². The second-order valence-electron chi connectivity index (χ2n) is 3.67. The van der Waals surface area contributed by atoms with E-state index in [2.05, 4.69) is 0 Å². The first kappa shape index (κ1) is 13.3. The molecule has 17 heavy (non-hydrogen) atoms. The Morgan fingerprint density at radius 3 is 2.71 bits per heavy atom. The number of nitriles is 1. The van der Waals surface area contributed by atoms with Crippen LogP contribution < -0.4 is 0 Å². The zero-order chi connectivity index (χ0) is 13.0. The van der Waals surface area contributed by atoms with E-state index in [0.29, 0.717) is 0 Å². The van der Waals surface area contributed by atoms with E-state index in [1.807, 2.05) is 0 Å². The Bertz CT molecular complexity index is 467. The van der Waals surface area contributed by atoms with E-state index in [9.17, 15) is 19.4 Å². The molecule has 0 heterocycles. The normalized spacial score (nSPS) is 13.8. The largest absolute Gasteiger partial charge is 0.389 e. The van der Waals surface area contributed by atoms with E-state index in [1.165, 1.54) is 19.1 Å². The van der Waals surface area contributed by atoms with Crippen molar-refractivity contribution < 1.29 is 19.4 Å². The quantitative estimate of drug-likeness (QED) is 0.774. The third-order valence-electron chi connectivity index (χ3n) is 2.38. The Labute approximate surface area is 97.9 Å². The van der Waals surface area contributed by atoms with Crippen molar-refractivity contribution in [3.05, 3.63) is 35.1 Å². The van der Waals surface area contributed by atoms with E-state index in [4.69, 9.17) is 5.26 Å². The maximum Gasteiger partial charge on any atom is 0.162 e. The summed E-state index contributed by atoms with van der Waals surface area (Å²) in [7, 11) is 0. The Balaban J connectivity index is 3.04. The second kappa shape index (κ2) is 5.53. The molecule has 1 aromatic rings. The summed E-state index contributed by atoms with van der Waals surface area (Å²) in [4.78, 5) is 11.1. The molecule has 1 aromatic carbocycles.